The van der Waals surface area contributed by atoms with E-state index in [4.69, 9.17) is 0 Å². The first-order chi connectivity index (χ1) is 14.7. The minimum absolute atomic E-state index is 0.243. The fourth-order valence-corrected chi connectivity index (χ4v) is 4.38. The number of rotatable bonds is 7. The summed E-state index contributed by atoms with van der Waals surface area (Å²) in [5.41, 5.74) is 3.32. The quantitative estimate of drug-likeness (QED) is 0.316. The molecule has 1 amide bonds. The van der Waals surface area contributed by atoms with Crippen molar-refractivity contribution >= 4 is 27.6 Å². The van der Waals surface area contributed by atoms with Crippen molar-refractivity contribution in [1.29, 1.82) is 0 Å². The first kappa shape index (κ1) is 20.0. The maximum Gasteiger partial charge on any atom is 0.405 e. The van der Waals surface area contributed by atoms with Crippen molar-refractivity contribution in [1.82, 2.24) is 5.32 Å². The van der Waals surface area contributed by atoms with Crippen LogP contribution in [-0.4, -0.2) is 11.2 Å². The Labute approximate surface area is 177 Å². The molecule has 2 N–H and O–H groups in total. The Morgan fingerprint density at radius 1 is 0.833 bits per heavy atom. The number of benzene rings is 4. The van der Waals surface area contributed by atoms with Crippen LogP contribution in [0.4, 0.5) is 4.79 Å². The highest BCUT2D eigenvalue weighted by Gasteiger charge is 2.21. The van der Waals surface area contributed by atoms with Crippen LogP contribution in [0, 0.1) is 0 Å². The van der Waals surface area contributed by atoms with Gasteiger partial charge in [-0.3, -0.25) is 0 Å². The second kappa shape index (κ2) is 9.00. The number of amides is 1. The highest BCUT2D eigenvalue weighted by Crippen LogP contribution is 2.40. The lowest BCUT2D eigenvalue weighted by Crippen LogP contribution is -2.27. The Balaban J connectivity index is 1.97. The predicted molar refractivity (Wildman–Crippen MR) is 125 cm³/mol. The van der Waals surface area contributed by atoms with Crippen LogP contribution in [0.25, 0.3) is 32.7 Å². The van der Waals surface area contributed by atoms with Gasteiger partial charge in [0.05, 0.1) is 6.04 Å². The fraction of sp³-hybridized carbons (Fsp3) is 0.222. The molecule has 1 unspecified atom stereocenters. The average molecular weight is 398 g/mol. The maximum absolute atomic E-state index is 11.6. The monoisotopic (exact) mass is 397 g/mol. The molecule has 0 spiro atoms. The van der Waals surface area contributed by atoms with Gasteiger partial charge >= 0.3 is 6.09 Å². The molecule has 4 aromatic rings. The van der Waals surface area contributed by atoms with Crippen LogP contribution in [-0.2, 0) is 0 Å². The Morgan fingerprint density at radius 2 is 1.50 bits per heavy atom. The Morgan fingerprint density at radius 3 is 2.23 bits per heavy atom. The number of carboxylic acid groups (broad SMARTS) is 1. The topological polar surface area (TPSA) is 49.3 Å². The minimum atomic E-state index is -0.978. The lowest BCUT2D eigenvalue weighted by atomic mass is 9.86. The fourth-order valence-electron chi connectivity index (χ4n) is 4.38. The zero-order valence-electron chi connectivity index (χ0n) is 17.3. The van der Waals surface area contributed by atoms with Crippen LogP contribution in [0.3, 0.4) is 0 Å². The number of nitrogens with one attached hydrogen (secondary N) is 1. The van der Waals surface area contributed by atoms with Crippen LogP contribution >= 0.6 is 0 Å². The molecule has 152 valence electrons. The molecule has 3 heteroatoms. The summed E-state index contributed by atoms with van der Waals surface area (Å²) >= 11 is 0. The Hall–Kier alpha value is -3.33. The Kier molecular flexibility index (Phi) is 5.99. The van der Waals surface area contributed by atoms with E-state index in [0.717, 1.165) is 53.1 Å². The molecule has 4 aromatic carbocycles. The van der Waals surface area contributed by atoms with Gasteiger partial charge in [0.15, 0.2) is 0 Å². The molecule has 0 aliphatic rings. The molecule has 0 saturated heterocycles. The van der Waals surface area contributed by atoms with Crippen LogP contribution < -0.4 is 5.32 Å². The van der Waals surface area contributed by atoms with Gasteiger partial charge in [0.25, 0.3) is 0 Å². The summed E-state index contributed by atoms with van der Waals surface area (Å²) in [4.78, 5) is 11.6. The molecule has 0 aliphatic heterocycles. The molecule has 3 nitrogen and oxygen atoms in total. The first-order valence-electron chi connectivity index (χ1n) is 10.7. The van der Waals surface area contributed by atoms with Crippen molar-refractivity contribution in [3.63, 3.8) is 0 Å². The smallest absolute Gasteiger partial charge is 0.405 e. The summed E-state index contributed by atoms with van der Waals surface area (Å²) in [6.07, 6.45) is 3.00. The van der Waals surface area contributed by atoms with Crippen LogP contribution in [0.1, 0.15) is 44.2 Å². The van der Waals surface area contributed by atoms with Gasteiger partial charge in [-0.15, -0.1) is 0 Å². The highest BCUT2D eigenvalue weighted by atomic mass is 16.4. The first-order valence-corrected chi connectivity index (χ1v) is 10.7. The number of hydrogen-bond acceptors (Lipinski definition) is 1. The highest BCUT2D eigenvalue weighted by molar-refractivity contribution is 6.06. The SMILES string of the molecule is CCCCCC(NC(=O)O)c1ccc2ccccc2c1-c1cccc2ccccc12. The molecule has 0 aliphatic carbocycles. The van der Waals surface area contributed by atoms with Gasteiger partial charge < -0.3 is 10.4 Å². The molecular weight excluding hydrogens is 370 g/mol. The summed E-state index contributed by atoms with van der Waals surface area (Å²) in [6, 6.07) is 27.1. The zero-order chi connectivity index (χ0) is 20.9. The molecular formula is C27H27NO2. The van der Waals surface area contributed by atoms with Crippen molar-refractivity contribution in [2.75, 3.05) is 0 Å². The lowest BCUT2D eigenvalue weighted by molar-refractivity contribution is 0.189. The molecule has 0 radical (unpaired) electrons. The summed E-state index contributed by atoms with van der Waals surface area (Å²) < 4.78 is 0. The van der Waals surface area contributed by atoms with Crippen LogP contribution in [0.2, 0.25) is 0 Å². The van der Waals surface area contributed by atoms with Gasteiger partial charge in [0.1, 0.15) is 0 Å². The third-order valence-electron chi connectivity index (χ3n) is 5.79. The van der Waals surface area contributed by atoms with E-state index in [0.29, 0.717) is 0 Å². The third-order valence-corrected chi connectivity index (χ3v) is 5.79. The number of hydrogen-bond donors (Lipinski definition) is 2. The number of fused-ring (bicyclic) bond motifs is 2. The zero-order valence-corrected chi connectivity index (χ0v) is 17.3. The summed E-state index contributed by atoms with van der Waals surface area (Å²) in [6.45, 7) is 2.16. The third kappa shape index (κ3) is 4.02. The van der Waals surface area contributed by atoms with Crippen molar-refractivity contribution in [2.24, 2.45) is 0 Å². The van der Waals surface area contributed by atoms with Gasteiger partial charge in [-0.1, -0.05) is 105 Å². The minimum Gasteiger partial charge on any atom is -0.465 e. The van der Waals surface area contributed by atoms with E-state index in [1.54, 1.807) is 0 Å². The molecule has 0 aromatic heterocycles. The largest absolute Gasteiger partial charge is 0.465 e. The van der Waals surface area contributed by atoms with E-state index >= 15 is 0 Å². The van der Waals surface area contributed by atoms with E-state index < -0.39 is 6.09 Å². The molecule has 0 fully saturated rings. The lowest BCUT2D eigenvalue weighted by Gasteiger charge is -2.23. The van der Waals surface area contributed by atoms with E-state index in [1.165, 1.54) is 10.8 Å². The van der Waals surface area contributed by atoms with E-state index in [2.05, 4.69) is 85.0 Å². The average Bonchev–Trinajstić information content (AvgIpc) is 2.77. The number of unbranched alkanes of at least 4 members (excludes halogenated alkanes) is 2. The summed E-state index contributed by atoms with van der Waals surface area (Å²) in [7, 11) is 0. The molecule has 4 rings (SSSR count). The van der Waals surface area contributed by atoms with Gasteiger partial charge in [-0.05, 0) is 44.7 Å². The second-order valence-electron chi connectivity index (χ2n) is 7.78. The van der Waals surface area contributed by atoms with E-state index in [-0.39, 0.29) is 6.04 Å². The molecule has 0 saturated carbocycles. The van der Waals surface area contributed by atoms with Gasteiger partial charge in [-0.2, -0.15) is 0 Å². The van der Waals surface area contributed by atoms with E-state index in [9.17, 15) is 9.90 Å². The normalized spacial score (nSPS) is 12.2. The van der Waals surface area contributed by atoms with Crippen molar-refractivity contribution in [2.45, 2.75) is 38.6 Å². The van der Waals surface area contributed by atoms with Gasteiger partial charge in [-0.25, -0.2) is 4.79 Å². The molecule has 1 atom stereocenters. The maximum atomic E-state index is 11.6. The van der Waals surface area contributed by atoms with Crippen molar-refractivity contribution < 1.29 is 9.90 Å². The standard InChI is InChI=1S/C27H27NO2/c1-2-3-4-16-25(28-27(29)30)24-18-17-20-11-6-8-14-22(20)26(24)23-15-9-12-19-10-5-7-13-21(19)23/h5-15,17-18,25,28H,2-4,16H2,1H3,(H,29,30). The van der Waals surface area contributed by atoms with Crippen molar-refractivity contribution in [3.8, 4) is 11.1 Å². The number of carbonyl (C=O) groups is 1. The predicted octanol–water partition coefficient (Wildman–Crippen LogP) is 7.55. The van der Waals surface area contributed by atoms with Gasteiger partial charge in [0.2, 0.25) is 0 Å². The second-order valence-corrected chi connectivity index (χ2v) is 7.78. The Bertz CT molecular complexity index is 1180. The summed E-state index contributed by atoms with van der Waals surface area (Å²) in [5.74, 6) is 0. The van der Waals surface area contributed by atoms with Crippen LogP contribution in [0.15, 0.2) is 78.9 Å². The van der Waals surface area contributed by atoms with Crippen LogP contribution in [0.5, 0.6) is 0 Å². The van der Waals surface area contributed by atoms with Gasteiger partial charge in [0, 0.05) is 0 Å². The molecule has 0 heterocycles. The van der Waals surface area contributed by atoms with E-state index in [1.807, 2.05) is 6.07 Å². The molecule has 0 bridgehead atoms. The molecule has 30 heavy (non-hydrogen) atoms. The summed E-state index contributed by atoms with van der Waals surface area (Å²) in [5, 5.41) is 17.0. The van der Waals surface area contributed by atoms with Crippen molar-refractivity contribution in [3.05, 3.63) is 84.4 Å².